The van der Waals surface area contributed by atoms with Gasteiger partial charge in [-0.3, -0.25) is 4.79 Å². The zero-order chi connectivity index (χ0) is 18.1. The Morgan fingerprint density at radius 3 is 2.77 bits per heavy atom. The molecule has 0 radical (unpaired) electrons. The van der Waals surface area contributed by atoms with Gasteiger partial charge < -0.3 is 10.6 Å². The quantitative estimate of drug-likeness (QED) is 0.622. The lowest BCUT2D eigenvalue weighted by molar-refractivity contribution is -0.113. The van der Waals surface area contributed by atoms with E-state index in [0.29, 0.717) is 10.2 Å². The summed E-state index contributed by atoms with van der Waals surface area (Å²) < 4.78 is 0. The largest absolute Gasteiger partial charge is 0.334 e. The Labute approximate surface area is 160 Å². The van der Waals surface area contributed by atoms with Crippen molar-refractivity contribution in [2.45, 2.75) is 6.92 Å². The molecule has 0 bridgehead atoms. The SMILES string of the molecule is Cc1c(Cl)cccc1NC(=O)CSC1=Nc2cccc3cccc(c23)N1. The zero-order valence-electron chi connectivity index (χ0n) is 14.0. The van der Waals surface area contributed by atoms with Crippen molar-refractivity contribution < 1.29 is 4.79 Å². The zero-order valence-corrected chi connectivity index (χ0v) is 15.6. The minimum absolute atomic E-state index is 0.0954. The highest BCUT2D eigenvalue weighted by molar-refractivity contribution is 8.14. The summed E-state index contributed by atoms with van der Waals surface area (Å²) in [6.07, 6.45) is 0. The van der Waals surface area contributed by atoms with E-state index in [2.05, 4.69) is 27.8 Å². The molecule has 0 fully saturated rings. The average Bonchev–Trinajstić information content (AvgIpc) is 2.64. The number of benzene rings is 3. The van der Waals surface area contributed by atoms with E-state index < -0.39 is 0 Å². The summed E-state index contributed by atoms with van der Waals surface area (Å²) in [5.41, 5.74) is 3.53. The molecule has 6 heteroatoms. The first-order chi connectivity index (χ1) is 12.6. The molecule has 4 nitrogen and oxygen atoms in total. The molecule has 4 rings (SSSR count). The number of carbonyl (C=O) groups excluding carboxylic acids is 1. The van der Waals surface area contributed by atoms with Gasteiger partial charge in [-0.15, -0.1) is 0 Å². The highest BCUT2D eigenvalue weighted by atomic mass is 35.5. The van der Waals surface area contributed by atoms with Crippen LogP contribution in [0.15, 0.2) is 59.6 Å². The van der Waals surface area contributed by atoms with E-state index in [9.17, 15) is 4.79 Å². The smallest absolute Gasteiger partial charge is 0.234 e. The summed E-state index contributed by atoms with van der Waals surface area (Å²) in [4.78, 5) is 16.9. The van der Waals surface area contributed by atoms with Crippen LogP contribution in [0.4, 0.5) is 17.1 Å². The molecule has 0 atom stereocenters. The summed E-state index contributed by atoms with van der Waals surface area (Å²) in [5.74, 6) is 0.164. The van der Waals surface area contributed by atoms with Crippen molar-refractivity contribution in [1.82, 2.24) is 0 Å². The van der Waals surface area contributed by atoms with Crippen molar-refractivity contribution in [3.63, 3.8) is 0 Å². The third kappa shape index (κ3) is 3.28. The van der Waals surface area contributed by atoms with Crippen LogP contribution in [0.25, 0.3) is 10.8 Å². The van der Waals surface area contributed by atoms with Crippen LogP contribution in [-0.4, -0.2) is 16.8 Å². The van der Waals surface area contributed by atoms with Crippen LogP contribution in [0.5, 0.6) is 0 Å². The second kappa shape index (κ2) is 7.02. The molecule has 1 heterocycles. The van der Waals surface area contributed by atoms with E-state index in [1.807, 2.05) is 43.3 Å². The van der Waals surface area contributed by atoms with E-state index in [4.69, 9.17) is 11.6 Å². The Hall–Kier alpha value is -2.50. The number of amidine groups is 1. The minimum Gasteiger partial charge on any atom is -0.334 e. The third-order valence-electron chi connectivity index (χ3n) is 4.23. The van der Waals surface area contributed by atoms with Crippen LogP contribution in [-0.2, 0) is 4.79 Å². The van der Waals surface area contributed by atoms with Crippen molar-refractivity contribution in [3.8, 4) is 0 Å². The highest BCUT2D eigenvalue weighted by Crippen LogP contribution is 2.36. The number of amides is 1. The van der Waals surface area contributed by atoms with E-state index in [0.717, 1.165) is 33.4 Å². The standard InChI is InChI=1S/C20H16ClN3OS/c1-12-14(21)7-4-8-15(12)22-18(25)11-26-20-23-16-9-2-5-13-6-3-10-17(24-20)19(13)16/h2-10H,11H2,1H3,(H,22,25)(H,23,24). The van der Waals surface area contributed by atoms with Gasteiger partial charge in [0, 0.05) is 16.1 Å². The van der Waals surface area contributed by atoms with E-state index in [-0.39, 0.29) is 11.7 Å². The maximum Gasteiger partial charge on any atom is 0.234 e. The van der Waals surface area contributed by atoms with Crippen molar-refractivity contribution in [2.75, 3.05) is 16.4 Å². The van der Waals surface area contributed by atoms with E-state index in [1.165, 1.54) is 11.8 Å². The van der Waals surface area contributed by atoms with E-state index >= 15 is 0 Å². The van der Waals surface area contributed by atoms with Gasteiger partial charge >= 0.3 is 0 Å². The monoisotopic (exact) mass is 381 g/mol. The Balaban J connectivity index is 1.47. The summed E-state index contributed by atoms with van der Waals surface area (Å²) in [7, 11) is 0. The van der Waals surface area contributed by atoms with Gasteiger partial charge in [0.1, 0.15) is 0 Å². The number of hydrogen-bond acceptors (Lipinski definition) is 4. The normalized spacial score (nSPS) is 12.5. The van der Waals surface area contributed by atoms with Gasteiger partial charge in [0.25, 0.3) is 0 Å². The van der Waals surface area contributed by atoms with Crippen molar-refractivity contribution in [2.24, 2.45) is 4.99 Å². The molecule has 1 aliphatic rings. The number of rotatable bonds is 3. The summed E-state index contributed by atoms with van der Waals surface area (Å²) in [5, 5.41) is 9.83. The lowest BCUT2D eigenvalue weighted by atomic mass is 10.1. The molecule has 0 aliphatic carbocycles. The second-order valence-corrected chi connectivity index (χ2v) is 7.34. The molecule has 1 aliphatic heterocycles. The molecular weight excluding hydrogens is 366 g/mol. The van der Waals surface area contributed by atoms with Gasteiger partial charge in [0.05, 0.1) is 17.1 Å². The number of halogens is 1. The Kier molecular flexibility index (Phi) is 4.57. The molecule has 0 saturated heterocycles. The topological polar surface area (TPSA) is 53.5 Å². The second-order valence-electron chi connectivity index (χ2n) is 5.97. The van der Waals surface area contributed by atoms with Crippen LogP contribution in [0.1, 0.15) is 5.56 Å². The first kappa shape index (κ1) is 16.9. The highest BCUT2D eigenvalue weighted by Gasteiger charge is 2.16. The van der Waals surface area contributed by atoms with Crippen LogP contribution in [0.2, 0.25) is 5.02 Å². The molecule has 0 aromatic heterocycles. The maximum absolute atomic E-state index is 12.3. The molecule has 3 aromatic rings. The molecule has 26 heavy (non-hydrogen) atoms. The molecule has 0 saturated carbocycles. The molecule has 3 aromatic carbocycles. The van der Waals surface area contributed by atoms with Gasteiger partial charge in [-0.25, -0.2) is 4.99 Å². The summed E-state index contributed by atoms with van der Waals surface area (Å²) in [6.45, 7) is 1.88. The van der Waals surface area contributed by atoms with Gasteiger partial charge in [-0.1, -0.05) is 53.7 Å². The van der Waals surface area contributed by atoms with Crippen LogP contribution < -0.4 is 10.6 Å². The molecule has 0 unspecified atom stereocenters. The van der Waals surface area contributed by atoms with Gasteiger partial charge in [0.2, 0.25) is 5.91 Å². The lowest BCUT2D eigenvalue weighted by Crippen LogP contribution is -2.19. The van der Waals surface area contributed by atoms with Gasteiger partial charge in [0.15, 0.2) is 5.17 Å². The van der Waals surface area contributed by atoms with Crippen LogP contribution in [0, 0.1) is 6.92 Å². The predicted octanol–water partition coefficient (Wildman–Crippen LogP) is 5.59. The number of nitrogens with one attached hydrogen (secondary N) is 2. The molecule has 0 spiro atoms. The predicted molar refractivity (Wildman–Crippen MR) is 112 cm³/mol. The Bertz CT molecular complexity index is 1040. The first-order valence-corrected chi connectivity index (χ1v) is 9.53. The number of hydrogen-bond donors (Lipinski definition) is 2. The molecule has 130 valence electrons. The van der Waals surface area contributed by atoms with Gasteiger partial charge in [-0.2, -0.15) is 0 Å². The lowest BCUT2D eigenvalue weighted by Gasteiger charge is -2.18. The van der Waals surface area contributed by atoms with Crippen LogP contribution >= 0.6 is 23.4 Å². The number of carbonyl (C=O) groups is 1. The fourth-order valence-electron chi connectivity index (χ4n) is 2.90. The Morgan fingerprint density at radius 2 is 1.92 bits per heavy atom. The number of thioether (sulfide) groups is 1. The van der Waals surface area contributed by atoms with Gasteiger partial charge in [-0.05, 0) is 42.1 Å². The van der Waals surface area contributed by atoms with E-state index in [1.54, 1.807) is 6.07 Å². The van der Waals surface area contributed by atoms with Crippen molar-refractivity contribution in [1.29, 1.82) is 0 Å². The van der Waals surface area contributed by atoms with Crippen molar-refractivity contribution in [3.05, 3.63) is 65.2 Å². The third-order valence-corrected chi connectivity index (χ3v) is 5.51. The number of anilines is 2. The fraction of sp³-hybridized carbons (Fsp3) is 0.100. The molecule has 1 amide bonds. The fourth-order valence-corrected chi connectivity index (χ4v) is 3.76. The van der Waals surface area contributed by atoms with Crippen LogP contribution in [0.3, 0.4) is 0 Å². The minimum atomic E-state index is -0.0954. The first-order valence-electron chi connectivity index (χ1n) is 8.17. The molecule has 2 N–H and O–H groups in total. The number of nitrogens with zero attached hydrogens (tertiary/aromatic N) is 1. The maximum atomic E-state index is 12.3. The number of aliphatic imine (C=N–C) groups is 1. The average molecular weight is 382 g/mol. The Morgan fingerprint density at radius 1 is 1.15 bits per heavy atom. The van der Waals surface area contributed by atoms with Crippen molar-refractivity contribution >= 4 is 62.3 Å². The summed E-state index contributed by atoms with van der Waals surface area (Å²) >= 11 is 7.47. The molecular formula is C20H16ClN3OS. The summed E-state index contributed by atoms with van der Waals surface area (Å²) in [6, 6.07) is 17.6.